The van der Waals surface area contributed by atoms with Crippen LogP contribution < -0.4 is 10.2 Å². The summed E-state index contributed by atoms with van der Waals surface area (Å²) in [5.74, 6) is 0.0506. The van der Waals surface area contributed by atoms with Crippen molar-refractivity contribution >= 4 is 29.3 Å². The molecular formula is C24H29N3O2. The van der Waals surface area contributed by atoms with Crippen molar-refractivity contribution in [1.82, 2.24) is 4.90 Å². The standard InChI is InChI=1S/C24H29N3O2/c1-24(2,3)23(29)27-17-15-26(16-18-27)21-12-10-20(11-13-21)25-22(28)14-9-19-7-5-4-6-8-19/h4-14H,15-18H2,1-3H3,(H,25,28). The van der Waals surface area contributed by atoms with Gasteiger partial charge in [-0.3, -0.25) is 9.59 Å². The van der Waals surface area contributed by atoms with E-state index in [1.807, 2.05) is 80.3 Å². The molecule has 1 fully saturated rings. The van der Waals surface area contributed by atoms with Crippen LogP contribution in [0.4, 0.5) is 11.4 Å². The van der Waals surface area contributed by atoms with Gasteiger partial charge in [0.1, 0.15) is 0 Å². The number of hydrogen-bond donors (Lipinski definition) is 1. The van der Waals surface area contributed by atoms with Gasteiger partial charge in [-0.15, -0.1) is 0 Å². The van der Waals surface area contributed by atoms with Gasteiger partial charge in [-0.25, -0.2) is 0 Å². The molecule has 0 aliphatic carbocycles. The third-order valence-corrected chi connectivity index (χ3v) is 4.94. The van der Waals surface area contributed by atoms with Crippen molar-refractivity contribution in [3.63, 3.8) is 0 Å². The predicted molar refractivity (Wildman–Crippen MR) is 119 cm³/mol. The van der Waals surface area contributed by atoms with E-state index in [1.54, 1.807) is 6.08 Å². The number of anilines is 2. The molecule has 152 valence electrons. The summed E-state index contributed by atoms with van der Waals surface area (Å²) in [6.07, 6.45) is 3.33. The molecule has 29 heavy (non-hydrogen) atoms. The van der Waals surface area contributed by atoms with Gasteiger partial charge in [0.2, 0.25) is 11.8 Å². The van der Waals surface area contributed by atoms with Crippen LogP contribution in [0.25, 0.3) is 6.08 Å². The summed E-state index contributed by atoms with van der Waals surface area (Å²) in [6, 6.07) is 17.6. The summed E-state index contributed by atoms with van der Waals surface area (Å²) >= 11 is 0. The average molecular weight is 392 g/mol. The Hall–Kier alpha value is -3.08. The van der Waals surface area contributed by atoms with Gasteiger partial charge in [-0.2, -0.15) is 0 Å². The van der Waals surface area contributed by atoms with Crippen molar-refractivity contribution in [2.45, 2.75) is 20.8 Å². The van der Waals surface area contributed by atoms with E-state index < -0.39 is 0 Å². The first kappa shape index (κ1) is 20.6. The first-order valence-electron chi connectivity index (χ1n) is 10.0. The van der Waals surface area contributed by atoms with Gasteiger partial charge in [0.15, 0.2) is 0 Å². The van der Waals surface area contributed by atoms with Crippen LogP contribution in [0.15, 0.2) is 60.7 Å². The van der Waals surface area contributed by atoms with Crippen molar-refractivity contribution in [3.05, 3.63) is 66.2 Å². The lowest BCUT2D eigenvalue weighted by atomic mass is 9.94. The van der Waals surface area contributed by atoms with Gasteiger partial charge in [-0.1, -0.05) is 51.1 Å². The average Bonchev–Trinajstić information content (AvgIpc) is 2.72. The summed E-state index contributed by atoms with van der Waals surface area (Å²) in [6.45, 7) is 8.98. The van der Waals surface area contributed by atoms with Crippen LogP contribution in [-0.4, -0.2) is 42.9 Å². The van der Waals surface area contributed by atoms with E-state index in [0.717, 1.165) is 43.1 Å². The van der Waals surface area contributed by atoms with Crippen LogP contribution in [0.2, 0.25) is 0 Å². The highest BCUT2D eigenvalue weighted by atomic mass is 16.2. The number of benzene rings is 2. The van der Waals surface area contributed by atoms with E-state index in [-0.39, 0.29) is 17.2 Å². The molecule has 0 radical (unpaired) electrons. The van der Waals surface area contributed by atoms with E-state index in [0.29, 0.717) is 0 Å². The number of amides is 2. The fourth-order valence-electron chi connectivity index (χ4n) is 3.32. The van der Waals surface area contributed by atoms with Crippen LogP contribution in [0.5, 0.6) is 0 Å². The summed E-state index contributed by atoms with van der Waals surface area (Å²) < 4.78 is 0. The summed E-state index contributed by atoms with van der Waals surface area (Å²) in [5, 5.41) is 2.88. The quantitative estimate of drug-likeness (QED) is 0.801. The van der Waals surface area contributed by atoms with Crippen molar-refractivity contribution in [2.75, 3.05) is 36.4 Å². The van der Waals surface area contributed by atoms with Crippen LogP contribution in [-0.2, 0) is 9.59 Å². The molecule has 1 heterocycles. The van der Waals surface area contributed by atoms with Crippen LogP contribution in [0.3, 0.4) is 0 Å². The lowest BCUT2D eigenvalue weighted by Crippen LogP contribution is -2.51. The summed E-state index contributed by atoms with van der Waals surface area (Å²) in [7, 11) is 0. The first-order valence-corrected chi connectivity index (χ1v) is 10.0. The minimum absolute atomic E-state index is 0.157. The topological polar surface area (TPSA) is 52.7 Å². The second-order valence-corrected chi connectivity index (χ2v) is 8.31. The van der Waals surface area contributed by atoms with Crippen molar-refractivity contribution in [3.8, 4) is 0 Å². The van der Waals surface area contributed by atoms with E-state index in [1.165, 1.54) is 6.08 Å². The Balaban J connectivity index is 1.52. The zero-order chi connectivity index (χ0) is 20.9. The molecule has 0 unspecified atom stereocenters. The number of hydrogen-bond acceptors (Lipinski definition) is 3. The summed E-state index contributed by atoms with van der Waals surface area (Å²) in [4.78, 5) is 28.7. The maximum absolute atomic E-state index is 12.4. The zero-order valence-electron chi connectivity index (χ0n) is 17.4. The normalized spacial score (nSPS) is 14.9. The van der Waals surface area contributed by atoms with E-state index in [9.17, 15) is 9.59 Å². The molecule has 0 aromatic heterocycles. The molecule has 5 nitrogen and oxygen atoms in total. The smallest absolute Gasteiger partial charge is 0.248 e. The maximum atomic E-state index is 12.4. The van der Waals surface area contributed by atoms with Gasteiger partial charge < -0.3 is 15.1 Å². The van der Waals surface area contributed by atoms with Gasteiger partial charge in [0.25, 0.3) is 0 Å². The Morgan fingerprint density at radius 1 is 0.897 bits per heavy atom. The molecule has 2 aromatic rings. The number of nitrogens with one attached hydrogen (secondary N) is 1. The SMILES string of the molecule is CC(C)(C)C(=O)N1CCN(c2ccc(NC(=O)C=Cc3ccccc3)cc2)CC1. The van der Waals surface area contributed by atoms with E-state index in [4.69, 9.17) is 0 Å². The van der Waals surface area contributed by atoms with Gasteiger partial charge in [0.05, 0.1) is 0 Å². The van der Waals surface area contributed by atoms with Gasteiger partial charge in [-0.05, 0) is 35.9 Å². The van der Waals surface area contributed by atoms with Gasteiger partial charge >= 0.3 is 0 Å². The molecule has 2 amide bonds. The zero-order valence-corrected chi connectivity index (χ0v) is 17.4. The Bertz CT molecular complexity index is 859. The number of piperazine rings is 1. The largest absolute Gasteiger partial charge is 0.368 e. The number of nitrogens with zero attached hydrogens (tertiary/aromatic N) is 2. The minimum atomic E-state index is -0.336. The molecule has 0 spiro atoms. The van der Waals surface area contributed by atoms with Crippen molar-refractivity contribution < 1.29 is 9.59 Å². The number of carbonyl (C=O) groups excluding carboxylic acids is 2. The maximum Gasteiger partial charge on any atom is 0.248 e. The third kappa shape index (κ3) is 5.70. The third-order valence-electron chi connectivity index (χ3n) is 4.94. The highest BCUT2D eigenvalue weighted by Gasteiger charge is 2.29. The highest BCUT2D eigenvalue weighted by Crippen LogP contribution is 2.22. The molecule has 0 saturated carbocycles. The van der Waals surface area contributed by atoms with E-state index >= 15 is 0 Å². The van der Waals surface area contributed by atoms with Crippen molar-refractivity contribution in [1.29, 1.82) is 0 Å². The van der Waals surface area contributed by atoms with E-state index in [2.05, 4.69) is 10.2 Å². The molecule has 1 N–H and O–H groups in total. The molecule has 0 bridgehead atoms. The number of rotatable bonds is 4. The lowest BCUT2D eigenvalue weighted by Gasteiger charge is -2.38. The molecule has 1 aliphatic heterocycles. The second kappa shape index (κ2) is 8.95. The summed E-state index contributed by atoms with van der Waals surface area (Å²) in [5.41, 5.74) is 2.52. The first-order chi connectivity index (χ1) is 13.8. The monoisotopic (exact) mass is 391 g/mol. The highest BCUT2D eigenvalue weighted by molar-refractivity contribution is 6.02. The molecule has 0 atom stereocenters. The molecule has 1 aliphatic rings. The number of carbonyl (C=O) groups is 2. The Kier molecular flexibility index (Phi) is 6.37. The lowest BCUT2D eigenvalue weighted by molar-refractivity contribution is -0.139. The molecule has 5 heteroatoms. The Labute approximate surface area is 173 Å². The Morgan fingerprint density at radius 2 is 1.52 bits per heavy atom. The Morgan fingerprint density at radius 3 is 2.10 bits per heavy atom. The van der Waals surface area contributed by atoms with Crippen LogP contribution in [0.1, 0.15) is 26.3 Å². The second-order valence-electron chi connectivity index (χ2n) is 8.31. The molecule has 3 rings (SSSR count). The molecule has 1 saturated heterocycles. The van der Waals surface area contributed by atoms with Crippen LogP contribution in [0, 0.1) is 5.41 Å². The van der Waals surface area contributed by atoms with Crippen molar-refractivity contribution in [2.24, 2.45) is 5.41 Å². The fourth-order valence-corrected chi connectivity index (χ4v) is 3.32. The van der Waals surface area contributed by atoms with Crippen LogP contribution >= 0.6 is 0 Å². The molecular weight excluding hydrogens is 362 g/mol. The van der Waals surface area contributed by atoms with Gasteiger partial charge in [0, 0.05) is 49.0 Å². The fraction of sp³-hybridized carbons (Fsp3) is 0.333. The minimum Gasteiger partial charge on any atom is -0.368 e. The molecule has 2 aromatic carbocycles. The predicted octanol–water partition coefficient (Wildman–Crippen LogP) is 4.03.